The maximum Gasteiger partial charge on any atom is 0.339 e. The average molecular weight is 249 g/mol. The number of nitrogens with one attached hydrogen (secondary N) is 3. The first kappa shape index (κ1) is 13.0. The molecule has 0 spiro atoms. The highest BCUT2D eigenvalue weighted by atomic mass is 16.6. The molecule has 0 bridgehead atoms. The van der Waals surface area contributed by atoms with E-state index in [0.717, 1.165) is 32.2 Å². The number of hydrogen-bond donors (Lipinski definition) is 3. The van der Waals surface area contributed by atoms with E-state index in [1.54, 1.807) is 12.1 Å². The minimum atomic E-state index is -0.302. The predicted octanol–water partition coefficient (Wildman–Crippen LogP) is 1.34. The van der Waals surface area contributed by atoms with Crippen molar-refractivity contribution in [2.75, 3.05) is 6.54 Å². The van der Waals surface area contributed by atoms with E-state index in [1.165, 1.54) is 0 Å². The van der Waals surface area contributed by atoms with Crippen LogP contribution in [0.25, 0.3) is 0 Å². The molecule has 5 heteroatoms. The lowest BCUT2D eigenvalue weighted by Crippen LogP contribution is -2.49. The fourth-order valence-corrected chi connectivity index (χ4v) is 1.85. The molecule has 5 nitrogen and oxygen atoms in total. The topological polar surface area (TPSA) is 62.4 Å². The lowest BCUT2D eigenvalue weighted by molar-refractivity contribution is 0.0128. The molecule has 0 aromatic heterocycles. The van der Waals surface area contributed by atoms with Gasteiger partial charge in [-0.3, -0.25) is 0 Å². The van der Waals surface area contributed by atoms with Crippen LogP contribution in [0.1, 0.15) is 36.0 Å². The molecule has 1 aliphatic rings. The lowest BCUT2D eigenvalue weighted by atomic mass is 10.2. The fourth-order valence-electron chi connectivity index (χ4n) is 1.85. The van der Waals surface area contributed by atoms with E-state index in [2.05, 4.69) is 16.4 Å². The summed E-state index contributed by atoms with van der Waals surface area (Å²) in [5.41, 5.74) is 9.41. The third kappa shape index (κ3) is 4.10. The summed E-state index contributed by atoms with van der Waals surface area (Å²) in [6.07, 6.45) is 3.81. The molecule has 1 fully saturated rings. The third-order valence-electron chi connectivity index (χ3n) is 2.85. The maximum absolute atomic E-state index is 11.9. The molecule has 3 N–H and O–H groups in total. The normalized spacial score (nSPS) is 21.4. The van der Waals surface area contributed by atoms with E-state index in [1.807, 2.05) is 18.2 Å². The first-order chi connectivity index (χ1) is 8.86. The van der Waals surface area contributed by atoms with E-state index in [4.69, 9.17) is 4.74 Å². The summed E-state index contributed by atoms with van der Waals surface area (Å²) < 4.78 is 5.42. The Hall–Kier alpha value is -1.43. The van der Waals surface area contributed by atoms with Crippen molar-refractivity contribution in [1.82, 2.24) is 16.4 Å². The van der Waals surface area contributed by atoms with Crippen LogP contribution in [0.15, 0.2) is 30.3 Å². The standard InChI is InChI=1S/C13H19N3O2/c17-13(11-7-3-1-4-8-11)18-12-9-5-2-6-10-14-16-15-12/h1,3-4,7-8,12,14-16H,2,5-6,9-10H2. The molecule has 98 valence electrons. The number of hydrogen-bond acceptors (Lipinski definition) is 5. The number of esters is 1. The zero-order valence-corrected chi connectivity index (χ0v) is 10.3. The molecule has 0 saturated carbocycles. The molecule has 1 unspecified atom stereocenters. The van der Waals surface area contributed by atoms with Gasteiger partial charge in [-0.25, -0.2) is 15.6 Å². The van der Waals surface area contributed by atoms with Crippen LogP contribution in [0.4, 0.5) is 0 Å². The van der Waals surface area contributed by atoms with Crippen LogP contribution in [0.5, 0.6) is 0 Å². The van der Waals surface area contributed by atoms with Crippen LogP contribution >= 0.6 is 0 Å². The van der Waals surface area contributed by atoms with Gasteiger partial charge in [-0.2, -0.15) is 5.53 Å². The summed E-state index contributed by atoms with van der Waals surface area (Å²) in [4.78, 5) is 11.9. The van der Waals surface area contributed by atoms with Crippen molar-refractivity contribution in [1.29, 1.82) is 0 Å². The second kappa shape index (κ2) is 7.10. The molecule has 1 saturated heterocycles. The molecule has 1 aromatic carbocycles. The van der Waals surface area contributed by atoms with Crippen molar-refractivity contribution in [3.63, 3.8) is 0 Å². The van der Waals surface area contributed by atoms with Gasteiger partial charge in [0.1, 0.15) is 0 Å². The first-order valence-corrected chi connectivity index (χ1v) is 6.36. The number of benzene rings is 1. The van der Waals surface area contributed by atoms with Gasteiger partial charge in [0.2, 0.25) is 0 Å². The van der Waals surface area contributed by atoms with Crippen molar-refractivity contribution < 1.29 is 9.53 Å². The van der Waals surface area contributed by atoms with Gasteiger partial charge < -0.3 is 4.74 Å². The van der Waals surface area contributed by atoms with Gasteiger partial charge >= 0.3 is 5.97 Å². The van der Waals surface area contributed by atoms with E-state index >= 15 is 0 Å². The van der Waals surface area contributed by atoms with Crippen LogP contribution < -0.4 is 16.4 Å². The largest absolute Gasteiger partial charge is 0.442 e. The lowest BCUT2D eigenvalue weighted by Gasteiger charge is -2.18. The summed E-state index contributed by atoms with van der Waals surface area (Å²) >= 11 is 0. The summed E-state index contributed by atoms with van der Waals surface area (Å²) in [5.74, 6) is -0.297. The van der Waals surface area contributed by atoms with Gasteiger partial charge in [-0.05, 0) is 31.4 Å². The second-order valence-electron chi connectivity index (χ2n) is 4.31. The van der Waals surface area contributed by atoms with Crippen LogP contribution in [-0.4, -0.2) is 18.7 Å². The molecule has 0 radical (unpaired) electrons. The fraction of sp³-hybridized carbons (Fsp3) is 0.462. The predicted molar refractivity (Wildman–Crippen MR) is 68.4 cm³/mol. The summed E-state index contributed by atoms with van der Waals surface area (Å²) in [6, 6.07) is 9.03. The Kier molecular flexibility index (Phi) is 5.14. The number of hydrazine groups is 2. The van der Waals surface area contributed by atoms with Crippen LogP contribution in [0.2, 0.25) is 0 Å². The zero-order valence-electron chi connectivity index (χ0n) is 10.3. The third-order valence-corrected chi connectivity index (χ3v) is 2.85. The van der Waals surface area contributed by atoms with Gasteiger partial charge in [0.05, 0.1) is 5.56 Å². The summed E-state index contributed by atoms with van der Waals surface area (Å²) in [5, 5.41) is 0. The Labute approximate surface area is 107 Å². The smallest absolute Gasteiger partial charge is 0.339 e. The highest BCUT2D eigenvalue weighted by Gasteiger charge is 2.15. The van der Waals surface area contributed by atoms with Crippen molar-refractivity contribution in [3.8, 4) is 0 Å². The average Bonchev–Trinajstić information content (AvgIpc) is 2.54. The second-order valence-corrected chi connectivity index (χ2v) is 4.31. The Morgan fingerprint density at radius 3 is 2.83 bits per heavy atom. The molecule has 0 amide bonds. The van der Waals surface area contributed by atoms with Gasteiger partial charge in [-0.1, -0.05) is 24.6 Å². The molecule has 2 rings (SSSR count). The molecule has 1 aliphatic heterocycles. The van der Waals surface area contributed by atoms with Gasteiger partial charge in [-0.15, -0.1) is 0 Å². The van der Waals surface area contributed by atoms with E-state index in [-0.39, 0.29) is 12.2 Å². The number of rotatable bonds is 2. The van der Waals surface area contributed by atoms with Crippen LogP contribution in [0.3, 0.4) is 0 Å². The minimum absolute atomic E-state index is 0.297. The summed E-state index contributed by atoms with van der Waals surface area (Å²) in [6.45, 7) is 0.909. The molecule has 1 atom stereocenters. The molecular weight excluding hydrogens is 230 g/mol. The Morgan fingerprint density at radius 2 is 2.00 bits per heavy atom. The summed E-state index contributed by atoms with van der Waals surface area (Å²) in [7, 11) is 0. The first-order valence-electron chi connectivity index (χ1n) is 6.36. The van der Waals surface area contributed by atoms with Gasteiger partial charge in [0.15, 0.2) is 6.23 Å². The van der Waals surface area contributed by atoms with Gasteiger partial charge in [0.25, 0.3) is 0 Å². The maximum atomic E-state index is 11.9. The highest BCUT2D eigenvalue weighted by molar-refractivity contribution is 5.89. The van der Waals surface area contributed by atoms with Crippen molar-refractivity contribution >= 4 is 5.97 Å². The van der Waals surface area contributed by atoms with Crippen LogP contribution in [-0.2, 0) is 4.74 Å². The van der Waals surface area contributed by atoms with Crippen molar-refractivity contribution in [2.45, 2.75) is 31.9 Å². The molecule has 1 heterocycles. The Bertz CT molecular complexity index is 360. The molecule has 18 heavy (non-hydrogen) atoms. The van der Waals surface area contributed by atoms with E-state index < -0.39 is 0 Å². The number of carbonyl (C=O) groups is 1. The van der Waals surface area contributed by atoms with E-state index in [9.17, 15) is 4.79 Å². The molecule has 0 aliphatic carbocycles. The zero-order chi connectivity index (χ0) is 12.6. The number of ether oxygens (including phenoxy) is 1. The Balaban J connectivity index is 1.88. The minimum Gasteiger partial charge on any atom is -0.442 e. The molecule has 1 aromatic rings. The van der Waals surface area contributed by atoms with E-state index in [0.29, 0.717) is 5.56 Å². The monoisotopic (exact) mass is 249 g/mol. The van der Waals surface area contributed by atoms with Crippen molar-refractivity contribution in [2.24, 2.45) is 0 Å². The Morgan fingerprint density at radius 1 is 1.17 bits per heavy atom. The molecular formula is C13H19N3O2. The quantitative estimate of drug-likeness (QED) is 0.690. The number of carbonyl (C=O) groups excluding carboxylic acids is 1. The highest BCUT2D eigenvalue weighted by Crippen LogP contribution is 2.08. The van der Waals surface area contributed by atoms with Gasteiger partial charge in [0, 0.05) is 6.54 Å². The van der Waals surface area contributed by atoms with Crippen LogP contribution in [0, 0.1) is 0 Å². The van der Waals surface area contributed by atoms with Crippen molar-refractivity contribution in [3.05, 3.63) is 35.9 Å². The SMILES string of the molecule is O=C(OC1CCCCCNNN1)c1ccccc1.